The number of halogens is 1. The summed E-state index contributed by atoms with van der Waals surface area (Å²) in [6, 6.07) is 0. The summed E-state index contributed by atoms with van der Waals surface area (Å²) >= 11 is 5.52. The number of hydrogen-bond acceptors (Lipinski definition) is 2. The number of aliphatic hydroxyl groups is 1. The Balaban J connectivity index is 2.51. The zero-order valence-corrected chi connectivity index (χ0v) is 5.77. The minimum absolute atomic E-state index is 0.0181. The number of aliphatic hydroxyl groups excluding tert-OH is 1. The lowest BCUT2D eigenvalue weighted by molar-refractivity contribution is -0.122. The summed E-state index contributed by atoms with van der Waals surface area (Å²) in [5, 5.41) is 8.36. The molecule has 0 radical (unpaired) electrons. The Morgan fingerprint density at radius 2 is 2.33 bits per heavy atom. The van der Waals surface area contributed by atoms with Crippen LogP contribution in [0.1, 0.15) is 19.3 Å². The molecule has 0 spiro atoms. The molecule has 0 aromatic heterocycles. The predicted molar refractivity (Wildman–Crippen MR) is 34.5 cm³/mol. The quantitative estimate of drug-likeness (QED) is 0.514. The molecule has 1 saturated carbocycles. The van der Waals surface area contributed by atoms with E-state index in [1.807, 2.05) is 0 Å². The molecule has 0 aromatic carbocycles. The van der Waals surface area contributed by atoms with E-state index in [-0.39, 0.29) is 5.78 Å². The smallest absolute Gasteiger partial charge is 0.153 e. The summed E-state index contributed by atoms with van der Waals surface area (Å²) in [5.41, 5.74) is 0. The molecule has 2 nitrogen and oxygen atoms in total. The molecule has 9 heavy (non-hydrogen) atoms. The molecule has 2 unspecified atom stereocenters. The van der Waals surface area contributed by atoms with Crippen LogP contribution in [0.2, 0.25) is 0 Å². The molecule has 1 N–H and O–H groups in total. The number of rotatable bonds is 0. The monoisotopic (exact) mass is 148 g/mol. The molecule has 1 rings (SSSR count). The minimum atomic E-state index is -0.640. The molecule has 1 fully saturated rings. The van der Waals surface area contributed by atoms with E-state index in [4.69, 9.17) is 16.7 Å². The van der Waals surface area contributed by atoms with Crippen LogP contribution < -0.4 is 0 Å². The van der Waals surface area contributed by atoms with E-state index in [1.165, 1.54) is 0 Å². The maximum Gasteiger partial charge on any atom is 0.153 e. The second-order valence-corrected chi connectivity index (χ2v) is 2.80. The molecular weight excluding hydrogens is 140 g/mol. The Kier molecular flexibility index (Phi) is 2.09. The second-order valence-electron chi connectivity index (χ2n) is 2.33. The van der Waals surface area contributed by atoms with Crippen LogP contribution in [0.25, 0.3) is 0 Å². The molecule has 0 bridgehead atoms. The fourth-order valence-corrected chi connectivity index (χ4v) is 1.22. The molecule has 0 aromatic rings. The van der Waals surface area contributed by atoms with Gasteiger partial charge in [-0.3, -0.25) is 4.79 Å². The van der Waals surface area contributed by atoms with Crippen LogP contribution in [-0.2, 0) is 4.79 Å². The third kappa shape index (κ3) is 1.43. The van der Waals surface area contributed by atoms with Crippen molar-refractivity contribution in [2.24, 2.45) is 0 Å². The fourth-order valence-electron chi connectivity index (χ4n) is 0.984. The highest BCUT2D eigenvalue weighted by Crippen LogP contribution is 2.19. The van der Waals surface area contributed by atoms with Gasteiger partial charge in [0, 0.05) is 6.42 Å². The number of Topliss-reactive ketones (excluding diaryl/α,β-unsaturated/α-hetero) is 1. The van der Waals surface area contributed by atoms with E-state index in [1.54, 1.807) is 0 Å². The van der Waals surface area contributed by atoms with Gasteiger partial charge in [0.25, 0.3) is 0 Å². The number of ketones is 1. The van der Waals surface area contributed by atoms with Crippen molar-refractivity contribution in [2.45, 2.75) is 30.7 Å². The van der Waals surface area contributed by atoms with Crippen LogP contribution >= 0.6 is 11.6 Å². The maximum absolute atomic E-state index is 10.7. The Morgan fingerprint density at radius 1 is 1.67 bits per heavy atom. The Labute approximate surface area is 58.8 Å². The lowest BCUT2D eigenvalue weighted by Crippen LogP contribution is -2.33. The molecule has 0 saturated heterocycles. The zero-order valence-electron chi connectivity index (χ0n) is 5.01. The lowest BCUT2D eigenvalue weighted by Gasteiger charge is -2.20. The number of alkyl halides is 1. The number of carbonyl (C=O) groups is 1. The summed E-state index contributed by atoms with van der Waals surface area (Å²) in [6.45, 7) is 0. The summed E-state index contributed by atoms with van der Waals surface area (Å²) in [4.78, 5) is 10.7. The summed E-state index contributed by atoms with van der Waals surface area (Å²) < 4.78 is 0. The van der Waals surface area contributed by atoms with Crippen molar-refractivity contribution < 1.29 is 9.90 Å². The molecule has 52 valence electrons. The lowest BCUT2D eigenvalue weighted by atomic mass is 9.96. The fraction of sp³-hybridized carbons (Fsp3) is 0.833. The molecule has 0 aliphatic heterocycles. The summed E-state index contributed by atoms with van der Waals surface area (Å²) in [7, 11) is 0. The van der Waals surface area contributed by atoms with E-state index in [0.717, 1.165) is 6.42 Å². The maximum atomic E-state index is 10.7. The molecule has 0 amide bonds. The largest absolute Gasteiger partial charge is 0.391 e. The van der Waals surface area contributed by atoms with Crippen molar-refractivity contribution in [1.29, 1.82) is 0 Å². The Bertz CT molecular complexity index is 124. The first-order valence-electron chi connectivity index (χ1n) is 3.06. The van der Waals surface area contributed by atoms with Gasteiger partial charge in [-0.25, -0.2) is 0 Å². The van der Waals surface area contributed by atoms with Crippen LogP contribution in [0, 0.1) is 0 Å². The molecule has 1 aliphatic rings. The van der Waals surface area contributed by atoms with Crippen molar-refractivity contribution in [3.63, 3.8) is 0 Å². The third-order valence-electron chi connectivity index (χ3n) is 1.57. The van der Waals surface area contributed by atoms with Gasteiger partial charge in [0.2, 0.25) is 0 Å². The first kappa shape index (κ1) is 7.03. The molecule has 2 atom stereocenters. The minimum Gasteiger partial charge on any atom is -0.391 e. The van der Waals surface area contributed by atoms with Crippen molar-refractivity contribution in [2.75, 3.05) is 0 Å². The van der Waals surface area contributed by atoms with Crippen molar-refractivity contribution in [3.8, 4) is 0 Å². The Morgan fingerprint density at radius 3 is 2.78 bits per heavy atom. The third-order valence-corrected chi connectivity index (χ3v) is 2.10. The van der Waals surface area contributed by atoms with E-state index in [0.29, 0.717) is 12.8 Å². The van der Waals surface area contributed by atoms with Crippen LogP contribution in [0.4, 0.5) is 0 Å². The zero-order chi connectivity index (χ0) is 6.85. The van der Waals surface area contributed by atoms with Crippen LogP contribution in [0.15, 0.2) is 0 Å². The van der Waals surface area contributed by atoms with E-state index in [2.05, 4.69) is 0 Å². The van der Waals surface area contributed by atoms with Crippen LogP contribution in [0.5, 0.6) is 0 Å². The first-order valence-corrected chi connectivity index (χ1v) is 3.50. The normalized spacial score (nSPS) is 36.9. The van der Waals surface area contributed by atoms with Crippen LogP contribution in [0.3, 0.4) is 0 Å². The van der Waals surface area contributed by atoms with Gasteiger partial charge in [0.05, 0.1) is 6.10 Å². The van der Waals surface area contributed by atoms with E-state index < -0.39 is 11.5 Å². The van der Waals surface area contributed by atoms with Gasteiger partial charge >= 0.3 is 0 Å². The predicted octanol–water partition coefficient (Wildman–Crippen LogP) is 0.708. The van der Waals surface area contributed by atoms with E-state index in [9.17, 15) is 4.79 Å². The van der Waals surface area contributed by atoms with Crippen molar-refractivity contribution in [1.82, 2.24) is 0 Å². The average molecular weight is 149 g/mol. The molecular formula is C6H9ClO2. The summed E-state index contributed by atoms with van der Waals surface area (Å²) in [6.07, 6.45) is 1.38. The highest BCUT2D eigenvalue weighted by molar-refractivity contribution is 6.31. The Hall–Kier alpha value is -0.0800. The average Bonchev–Trinajstić information content (AvgIpc) is 1.83. The molecule has 1 aliphatic carbocycles. The van der Waals surface area contributed by atoms with Gasteiger partial charge in [-0.15, -0.1) is 11.6 Å². The second kappa shape index (κ2) is 2.67. The van der Waals surface area contributed by atoms with Gasteiger partial charge in [-0.1, -0.05) is 0 Å². The number of carbonyl (C=O) groups excluding carboxylic acids is 1. The highest BCUT2D eigenvalue weighted by Gasteiger charge is 2.27. The van der Waals surface area contributed by atoms with Crippen LogP contribution in [-0.4, -0.2) is 22.4 Å². The van der Waals surface area contributed by atoms with Gasteiger partial charge in [0.15, 0.2) is 5.78 Å². The molecule has 0 heterocycles. The van der Waals surface area contributed by atoms with Gasteiger partial charge in [0.1, 0.15) is 5.38 Å². The van der Waals surface area contributed by atoms with Crippen molar-refractivity contribution in [3.05, 3.63) is 0 Å². The molecule has 3 heteroatoms. The highest BCUT2D eigenvalue weighted by atomic mass is 35.5. The first-order chi connectivity index (χ1) is 4.22. The van der Waals surface area contributed by atoms with E-state index >= 15 is 0 Å². The van der Waals surface area contributed by atoms with Crippen molar-refractivity contribution >= 4 is 17.4 Å². The SMILES string of the molecule is O=C1CCCC(O)C1Cl. The summed E-state index contributed by atoms with van der Waals surface area (Å²) in [5.74, 6) is -0.0181. The number of hydrogen-bond donors (Lipinski definition) is 1. The van der Waals surface area contributed by atoms with Gasteiger partial charge < -0.3 is 5.11 Å². The van der Waals surface area contributed by atoms with Gasteiger partial charge in [-0.2, -0.15) is 0 Å². The standard InChI is InChI=1S/C6H9ClO2/c7-6-4(8)2-1-3-5(6)9/h4,6,8H,1-3H2. The van der Waals surface area contributed by atoms with Gasteiger partial charge in [-0.05, 0) is 12.8 Å². The topological polar surface area (TPSA) is 37.3 Å².